The zero-order valence-electron chi connectivity index (χ0n) is 12.0. The summed E-state index contributed by atoms with van der Waals surface area (Å²) >= 11 is 0. The zero-order chi connectivity index (χ0) is 13.8. The van der Waals surface area contributed by atoms with Crippen LogP contribution in [0.3, 0.4) is 0 Å². The normalized spacial score (nSPS) is 11.5. The van der Waals surface area contributed by atoms with Crippen LogP contribution in [0.5, 0.6) is 0 Å². The van der Waals surface area contributed by atoms with Crippen molar-refractivity contribution in [3.05, 3.63) is 70.3 Å². The van der Waals surface area contributed by atoms with Gasteiger partial charge in [0, 0.05) is 5.56 Å². The molecule has 0 radical (unpaired) electrons. The number of hydrogen-bond donors (Lipinski definition) is 0. The van der Waals surface area contributed by atoms with Crippen LogP contribution in [0.1, 0.15) is 27.8 Å². The first-order valence-corrected chi connectivity index (χ1v) is 6.51. The van der Waals surface area contributed by atoms with Gasteiger partial charge in [0.1, 0.15) is 5.76 Å². The van der Waals surface area contributed by atoms with Crippen LogP contribution in [0.25, 0.3) is 11.8 Å². The summed E-state index contributed by atoms with van der Waals surface area (Å²) in [5, 5.41) is 0. The van der Waals surface area contributed by atoms with Crippen LogP contribution in [0.15, 0.2) is 42.5 Å². The molecule has 0 fully saturated rings. The van der Waals surface area contributed by atoms with Crippen molar-refractivity contribution in [2.75, 3.05) is 7.11 Å². The smallest absolute Gasteiger partial charge is 0.127 e. The standard InChI is InChI=1S/C18H20O/c1-13-10-14(2)18(15(3)11-13)17(19-4)12-16-8-6-5-7-9-16/h5-12H,1-4H3/b17-12-. The molecule has 0 spiro atoms. The molecule has 0 saturated heterocycles. The van der Waals surface area contributed by atoms with Gasteiger partial charge in [0.2, 0.25) is 0 Å². The van der Waals surface area contributed by atoms with Gasteiger partial charge in [-0.05, 0) is 43.5 Å². The molecule has 0 heterocycles. The Balaban J connectivity index is 2.52. The molecule has 0 aliphatic rings. The molecule has 0 unspecified atom stereocenters. The number of ether oxygens (including phenoxy) is 1. The lowest BCUT2D eigenvalue weighted by atomic mass is 9.97. The molecular formula is C18H20O. The maximum atomic E-state index is 5.60. The van der Waals surface area contributed by atoms with Gasteiger partial charge >= 0.3 is 0 Å². The number of hydrogen-bond acceptors (Lipinski definition) is 1. The van der Waals surface area contributed by atoms with Gasteiger partial charge < -0.3 is 4.74 Å². The third kappa shape index (κ3) is 3.05. The van der Waals surface area contributed by atoms with Crippen molar-refractivity contribution in [2.45, 2.75) is 20.8 Å². The van der Waals surface area contributed by atoms with Crippen LogP contribution in [-0.2, 0) is 4.74 Å². The Labute approximate surface area is 115 Å². The Hall–Kier alpha value is -2.02. The van der Waals surface area contributed by atoms with E-state index in [1.807, 2.05) is 18.2 Å². The van der Waals surface area contributed by atoms with Crippen molar-refractivity contribution in [1.82, 2.24) is 0 Å². The minimum atomic E-state index is 0.918. The van der Waals surface area contributed by atoms with Gasteiger partial charge in [0.15, 0.2) is 0 Å². The van der Waals surface area contributed by atoms with Gasteiger partial charge in [-0.2, -0.15) is 0 Å². The second kappa shape index (κ2) is 5.75. The second-order valence-corrected chi connectivity index (χ2v) is 4.90. The number of aryl methyl sites for hydroxylation is 3. The van der Waals surface area contributed by atoms with E-state index in [1.165, 1.54) is 22.3 Å². The van der Waals surface area contributed by atoms with Crippen LogP contribution in [0.4, 0.5) is 0 Å². The van der Waals surface area contributed by atoms with Gasteiger partial charge in [-0.25, -0.2) is 0 Å². The van der Waals surface area contributed by atoms with Crippen molar-refractivity contribution in [3.63, 3.8) is 0 Å². The summed E-state index contributed by atoms with van der Waals surface area (Å²) in [5.74, 6) is 0.918. The van der Waals surface area contributed by atoms with E-state index in [0.717, 1.165) is 11.3 Å². The molecule has 2 rings (SSSR count). The van der Waals surface area contributed by atoms with Gasteiger partial charge in [0.05, 0.1) is 7.11 Å². The predicted molar refractivity (Wildman–Crippen MR) is 82.0 cm³/mol. The Kier molecular flexibility index (Phi) is 4.06. The van der Waals surface area contributed by atoms with E-state index in [1.54, 1.807) is 7.11 Å². The monoisotopic (exact) mass is 252 g/mol. The molecular weight excluding hydrogens is 232 g/mol. The molecule has 19 heavy (non-hydrogen) atoms. The highest BCUT2D eigenvalue weighted by Gasteiger charge is 2.09. The summed E-state index contributed by atoms with van der Waals surface area (Å²) in [4.78, 5) is 0. The van der Waals surface area contributed by atoms with E-state index < -0.39 is 0 Å². The summed E-state index contributed by atoms with van der Waals surface area (Å²) in [6, 6.07) is 14.6. The highest BCUT2D eigenvalue weighted by atomic mass is 16.5. The quantitative estimate of drug-likeness (QED) is 0.565. The fraction of sp³-hybridized carbons (Fsp3) is 0.222. The first kappa shape index (κ1) is 13.4. The van der Waals surface area contributed by atoms with Crippen LogP contribution >= 0.6 is 0 Å². The zero-order valence-corrected chi connectivity index (χ0v) is 12.0. The molecule has 0 atom stereocenters. The largest absolute Gasteiger partial charge is 0.496 e. The second-order valence-electron chi connectivity index (χ2n) is 4.90. The molecule has 2 aromatic rings. The molecule has 1 heteroatoms. The third-order valence-electron chi connectivity index (χ3n) is 3.24. The lowest BCUT2D eigenvalue weighted by Gasteiger charge is -2.14. The van der Waals surface area contributed by atoms with Gasteiger partial charge in [-0.1, -0.05) is 48.0 Å². The highest BCUT2D eigenvalue weighted by Crippen LogP contribution is 2.26. The summed E-state index contributed by atoms with van der Waals surface area (Å²) < 4.78 is 5.60. The molecule has 0 aromatic heterocycles. The number of rotatable bonds is 3. The fourth-order valence-corrected chi connectivity index (χ4v) is 2.50. The van der Waals surface area contributed by atoms with E-state index in [-0.39, 0.29) is 0 Å². The predicted octanol–water partition coefficient (Wildman–Crippen LogP) is 4.76. The Morgan fingerprint density at radius 2 is 1.53 bits per heavy atom. The summed E-state index contributed by atoms with van der Waals surface area (Å²) in [7, 11) is 1.73. The van der Waals surface area contributed by atoms with Gasteiger partial charge in [0.25, 0.3) is 0 Å². The molecule has 0 saturated carbocycles. The topological polar surface area (TPSA) is 9.23 Å². The van der Waals surface area contributed by atoms with Crippen LogP contribution in [0.2, 0.25) is 0 Å². The van der Waals surface area contributed by atoms with Crippen molar-refractivity contribution >= 4 is 11.8 Å². The van der Waals surface area contributed by atoms with Crippen molar-refractivity contribution in [3.8, 4) is 0 Å². The average Bonchev–Trinajstić information content (AvgIpc) is 2.37. The SMILES string of the molecule is CO/C(=C\c1ccccc1)c1c(C)cc(C)cc1C. The molecule has 0 bridgehead atoms. The van der Waals surface area contributed by atoms with E-state index in [9.17, 15) is 0 Å². The first-order valence-electron chi connectivity index (χ1n) is 6.51. The molecule has 0 N–H and O–H groups in total. The van der Waals surface area contributed by atoms with Gasteiger partial charge in [-0.15, -0.1) is 0 Å². The maximum absolute atomic E-state index is 5.60. The van der Waals surface area contributed by atoms with Crippen molar-refractivity contribution in [2.24, 2.45) is 0 Å². The molecule has 0 aliphatic heterocycles. The molecule has 1 nitrogen and oxygen atoms in total. The fourth-order valence-electron chi connectivity index (χ4n) is 2.50. The summed E-state index contributed by atoms with van der Waals surface area (Å²) in [5.41, 5.74) is 6.13. The number of benzene rings is 2. The molecule has 2 aromatic carbocycles. The van der Waals surface area contributed by atoms with E-state index in [4.69, 9.17) is 4.74 Å². The Morgan fingerprint density at radius 3 is 2.05 bits per heavy atom. The van der Waals surface area contributed by atoms with Gasteiger partial charge in [-0.3, -0.25) is 0 Å². The third-order valence-corrected chi connectivity index (χ3v) is 3.24. The molecule has 0 aliphatic carbocycles. The van der Waals surface area contributed by atoms with Crippen LogP contribution in [-0.4, -0.2) is 7.11 Å². The van der Waals surface area contributed by atoms with E-state index in [2.05, 4.69) is 51.1 Å². The Morgan fingerprint density at radius 1 is 0.947 bits per heavy atom. The maximum Gasteiger partial charge on any atom is 0.127 e. The minimum Gasteiger partial charge on any atom is -0.496 e. The Bertz CT molecular complexity index is 571. The first-order chi connectivity index (χ1) is 9.11. The van der Waals surface area contributed by atoms with E-state index >= 15 is 0 Å². The summed E-state index contributed by atoms with van der Waals surface area (Å²) in [6.45, 7) is 6.39. The highest BCUT2D eigenvalue weighted by molar-refractivity contribution is 5.80. The van der Waals surface area contributed by atoms with Crippen molar-refractivity contribution < 1.29 is 4.74 Å². The average molecular weight is 252 g/mol. The lowest BCUT2D eigenvalue weighted by Crippen LogP contribution is -1.96. The lowest BCUT2D eigenvalue weighted by molar-refractivity contribution is 0.372. The van der Waals surface area contributed by atoms with E-state index in [0.29, 0.717) is 0 Å². The molecule has 98 valence electrons. The molecule has 0 amide bonds. The van der Waals surface area contributed by atoms with Crippen molar-refractivity contribution in [1.29, 1.82) is 0 Å². The number of methoxy groups -OCH3 is 1. The summed E-state index contributed by atoms with van der Waals surface area (Å²) in [6.07, 6.45) is 2.09. The minimum absolute atomic E-state index is 0.918. The van der Waals surface area contributed by atoms with Crippen LogP contribution in [0, 0.1) is 20.8 Å². The van der Waals surface area contributed by atoms with Crippen LogP contribution < -0.4 is 0 Å².